The van der Waals surface area contributed by atoms with E-state index in [0.29, 0.717) is 0 Å². The molecule has 1 heterocycles. The van der Waals surface area contributed by atoms with Crippen LogP contribution in [0.1, 0.15) is 0 Å². The zero-order valence-corrected chi connectivity index (χ0v) is 11.9. The second-order valence-electron chi connectivity index (χ2n) is 2.87. The van der Waals surface area contributed by atoms with Crippen LogP contribution in [0, 0.1) is 0 Å². The molecule has 1 saturated heterocycles. The third-order valence-corrected chi connectivity index (χ3v) is 1.66. The number of hydrogen-bond acceptors (Lipinski definition) is 3. The molecule has 1 aliphatic heterocycles. The van der Waals surface area contributed by atoms with Gasteiger partial charge in [-0.15, -0.1) is 0 Å². The second kappa shape index (κ2) is 7.77. The fraction of sp³-hybridized carbons (Fsp3) is 1.00. The average molecular weight is 328 g/mol. The van der Waals surface area contributed by atoms with Gasteiger partial charge in [-0.05, 0) is 7.05 Å². The number of aliphatic hydroxyl groups is 1. The SMILES string of the molecule is CN1CCN(CCO)C1.[Cl][Fe]([Cl])([Cl])[Cl]. The van der Waals surface area contributed by atoms with Crippen molar-refractivity contribution >= 4 is 40.4 Å². The van der Waals surface area contributed by atoms with Crippen molar-refractivity contribution in [1.82, 2.24) is 9.80 Å². The summed E-state index contributed by atoms with van der Waals surface area (Å²) in [5.41, 5.74) is 0. The Labute approximate surface area is 104 Å². The number of nitrogens with zero attached hydrogens (tertiary/aromatic N) is 2. The number of aliphatic hydroxyl groups excluding tert-OH is 1. The molecule has 90 valence electrons. The number of rotatable bonds is 2. The number of halogens is 4. The van der Waals surface area contributed by atoms with Gasteiger partial charge in [0.15, 0.2) is 0 Å². The zero-order chi connectivity index (χ0) is 11.2. The minimum absolute atomic E-state index is 0.286. The fourth-order valence-electron chi connectivity index (χ4n) is 1.12. The van der Waals surface area contributed by atoms with Crippen LogP contribution in [0.2, 0.25) is 0 Å². The summed E-state index contributed by atoms with van der Waals surface area (Å²) < 4.78 is 0. The van der Waals surface area contributed by atoms with Crippen LogP contribution in [0.5, 0.6) is 0 Å². The van der Waals surface area contributed by atoms with Crippen molar-refractivity contribution in [3.8, 4) is 0 Å². The first-order valence-corrected chi connectivity index (χ1v) is 9.96. The Hall–Kier alpha value is 1.56. The van der Waals surface area contributed by atoms with Gasteiger partial charge in [0, 0.05) is 19.6 Å². The topological polar surface area (TPSA) is 26.7 Å². The van der Waals surface area contributed by atoms with Crippen LogP contribution >= 0.6 is 40.4 Å². The van der Waals surface area contributed by atoms with Crippen LogP contribution in [-0.4, -0.2) is 54.9 Å². The van der Waals surface area contributed by atoms with Crippen LogP contribution in [0.25, 0.3) is 0 Å². The standard InChI is InChI=1S/C6H14N2O.4ClH.Fe/c1-7-2-3-8(6-7)4-5-9;;;;;/h9H,2-6H2,1H3;4*1H;/q;;;;;+4/p-4. The van der Waals surface area contributed by atoms with Crippen molar-refractivity contribution in [2.24, 2.45) is 0 Å². The molecule has 1 rings (SSSR count). The maximum absolute atomic E-state index is 8.55. The van der Waals surface area contributed by atoms with E-state index in [1.54, 1.807) is 0 Å². The molecule has 3 nitrogen and oxygen atoms in total. The van der Waals surface area contributed by atoms with Crippen molar-refractivity contribution < 1.29 is 14.3 Å². The van der Waals surface area contributed by atoms with Gasteiger partial charge in [-0.3, -0.25) is 9.80 Å². The third-order valence-electron chi connectivity index (χ3n) is 1.66. The predicted octanol–water partition coefficient (Wildman–Crippen LogP) is 1.94. The molecule has 1 fully saturated rings. The summed E-state index contributed by atoms with van der Waals surface area (Å²) in [5.74, 6) is 0. The predicted molar refractivity (Wildman–Crippen MR) is 59.6 cm³/mol. The number of hydrogen-bond donors (Lipinski definition) is 1. The molecular formula is C6H14Cl4FeN2O. The van der Waals surface area contributed by atoms with E-state index in [0.717, 1.165) is 26.3 Å². The molecule has 0 aliphatic carbocycles. The first kappa shape index (κ1) is 15.6. The van der Waals surface area contributed by atoms with Gasteiger partial charge in [-0.1, -0.05) is 0 Å². The van der Waals surface area contributed by atoms with Crippen LogP contribution in [0.4, 0.5) is 0 Å². The van der Waals surface area contributed by atoms with Crippen molar-refractivity contribution in [3.63, 3.8) is 0 Å². The first-order chi connectivity index (χ1) is 6.33. The molecule has 0 bridgehead atoms. The quantitative estimate of drug-likeness (QED) is 0.785. The summed E-state index contributed by atoms with van der Waals surface area (Å²) >= 11 is 0. The van der Waals surface area contributed by atoms with Crippen LogP contribution in [-0.2, 0) is 9.20 Å². The van der Waals surface area contributed by atoms with Gasteiger partial charge < -0.3 is 5.11 Å². The Kier molecular flexibility index (Phi) is 8.64. The molecule has 0 atom stereocenters. The van der Waals surface area contributed by atoms with E-state index >= 15 is 0 Å². The van der Waals surface area contributed by atoms with Crippen molar-refractivity contribution in [3.05, 3.63) is 0 Å². The van der Waals surface area contributed by atoms with E-state index in [1.807, 2.05) is 0 Å². The number of likely N-dealkylation sites (N-methyl/N-ethyl adjacent to an activating group) is 1. The molecule has 1 N–H and O–H groups in total. The Morgan fingerprint density at radius 3 is 2.00 bits per heavy atom. The summed E-state index contributed by atoms with van der Waals surface area (Å²) in [5, 5.41) is 8.55. The Morgan fingerprint density at radius 2 is 1.71 bits per heavy atom. The van der Waals surface area contributed by atoms with E-state index in [2.05, 4.69) is 16.8 Å². The maximum atomic E-state index is 8.55. The Bertz CT molecular complexity index is 149. The summed E-state index contributed by atoms with van der Waals surface area (Å²) in [6.45, 7) is 4.37. The summed E-state index contributed by atoms with van der Waals surface area (Å²) in [4.78, 5) is 4.48. The molecule has 0 aromatic rings. The Morgan fingerprint density at radius 1 is 1.21 bits per heavy atom. The van der Waals surface area contributed by atoms with Crippen molar-refractivity contribution in [2.75, 3.05) is 40.0 Å². The van der Waals surface area contributed by atoms with Gasteiger partial charge in [-0.25, -0.2) is 0 Å². The number of β-amino-alcohol motifs (C(OH)–C–C–N with tert-alkyl or cyclic N) is 1. The van der Waals surface area contributed by atoms with Crippen LogP contribution in [0.3, 0.4) is 0 Å². The van der Waals surface area contributed by atoms with Gasteiger partial charge in [0.05, 0.1) is 13.3 Å². The van der Waals surface area contributed by atoms with Crippen molar-refractivity contribution in [1.29, 1.82) is 0 Å². The molecule has 0 aromatic heterocycles. The molecule has 0 saturated carbocycles. The van der Waals surface area contributed by atoms with Gasteiger partial charge in [-0.2, -0.15) is 0 Å². The van der Waals surface area contributed by atoms with Crippen molar-refractivity contribution in [2.45, 2.75) is 0 Å². The van der Waals surface area contributed by atoms with Gasteiger partial charge in [0.25, 0.3) is 0 Å². The minimum atomic E-state index is -2.61. The fourth-order valence-corrected chi connectivity index (χ4v) is 1.12. The molecule has 1 aliphatic rings. The molecule has 0 spiro atoms. The molecule has 0 aromatic carbocycles. The molecule has 0 amide bonds. The molecular weight excluding hydrogens is 314 g/mol. The van der Waals surface area contributed by atoms with E-state index in [4.69, 9.17) is 45.5 Å². The normalized spacial score (nSPS) is 20.4. The molecule has 14 heavy (non-hydrogen) atoms. The summed E-state index contributed by atoms with van der Waals surface area (Å²) in [6.07, 6.45) is 0. The molecule has 8 heteroatoms. The van der Waals surface area contributed by atoms with E-state index in [-0.39, 0.29) is 6.61 Å². The summed E-state index contributed by atoms with van der Waals surface area (Å²) in [6, 6.07) is 0. The Balaban J connectivity index is 0.000000292. The zero-order valence-electron chi connectivity index (χ0n) is 7.74. The van der Waals surface area contributed by atoms with E-state index in [9.17, 15) is 0 Å². The monoisotopic (exact) mass is 326 g/mol. The van der Waals surface area contributed by atoms with Crippen LogP contribution < -0.4 is 0 Å². The first-order valence-electron chi connectivity index (χ1n) is 3.88. The van der Waals surface area contributed by atoms with Gasteiger partial charge in [0.1, 0.15) is 0 Å². The second-order valence-corrected chi connectivity index (χ2v) is 13.8. The van der Waals surface area contributed by atoms with Crippen LogP contribution in [0.15, 0.2) is 0 Å². The van der Waals surface area contributed by atoms with E-state index in [1.165, 1.54) is 0 Å². The third kappa shape index (κ3) is 11.6. The van der Waals surface area contributed by atoms with Gasteiger partial charge >= 0.3 is 49.6 Å². The average Bonchev–Trinajstić information content (AvgIpc) is 2.32. The molecule has 0 radical (unpaired) electrons. The molecule has 0 unspecified atom stereocenters. The summed E-state index contributed by atoms with van der Waals surface area (Å²) in [7, 11) is 19.3. The van der Waals surface area contributed by atoms with Gasteiger partial charge in [0.2, 0.25) is 0 Å². The van der Waals surface area contributed by atoms with E-state index < -0.39 is 9.20 Å².